The fourth-order valence-corrected chi connectivity index (χ4v) is 3.82. The molecule has 1 saturated heterocycles. The van der Waals surface area contributed by atoms with Crippen LogP contribution in [0.3, 0.4) is 0 Å². The number of halogens is 1. The number of nitrogens with zero attached hydrogens (tertiary/aromatic N) is 3. The van der Waals surface area contributed by atoms with Gasteiger partial charge in [0.05, 0.1) is 11.0 Å². The lowest BCUT2D eigenvalue weighted by Crippen LogP contribution is -2.24. The van der Waals surface area contributed by atoms with Gasteiger partial charge in [-0.05, 0) is 36.8 Å². The maximum absolute atomic E-state index is 12.6. The first-order chi connectivity index (χ1) is 12.2. The van der Waals surface area contributed by atoms with Crippen LogP contribution in [0.4, 0.5) is 5.69 Å². The van der Waals surface area contributed by atoms with Crippen molar-refractivity contribution in [2.24, 2.45) is 0 Å². The Hall–Kier alpha value is -2.33. The van der Waals surface area contributed by atoms with E-state index < -0.39 is 0 Å². The molecule has 0 unspecified atom stereocenters. The molecule has 3 aromatic rings. The molecule has 25 heavy (non-hydrogen) atoms. The third-order valence-electron chi connectivity index (χ3n) is 4.74. The molecule has 128 valence electrons. The van der Waals surface area contributed by atoms with Crippen LogP contribution < -0.4 is 4.90 Å². The van der Waals surface area contributed by atoms with Crippen molar-refractivity contribution in [2.75, 3.05) is 11.4 Å². The number of hydrogen-bond acceptors (Lipinski definition) is 2. The molecule has 0 bridgehead atoms. The average Bonchev–Trinajstić information content (AvgIpc) is 3.16. The van der Waals surface area contributed by atoms with Gasteiger partial charge in [0.1, 0.15) is 5.82 Å². The number of imidazole rings is 1. The summed E-state index contributed by atoms with van der Waals surface area (Å²) in [6.07, 6.45) is 1.52. The number of anilines is 1. The molecule has 0 saturated carbocycles. The van der Waals surface area contributed by atoms with Crippen LogP contribution in [-0.4, -0.2) is 22.0 Å². The van der Waals surface area contributed by atoms with Gasteiger partial charge in [-0.3, -0.25) is 4.79 Å². The maximum atomic E-state index is 12.6. The van der Waals surface area contributed by atoms with E-state index in [0.717, 1.165) is 35.5 Å². The lowest BCUT2D eigenvalue weighted by molar-refractivity contribution is -0.117. The van der Waals surface area contributed by atoms with Gasteiger partial charge in [-0.15, -0.1) is 0 Å². The minimum absolute atomic E-state index is 0.102. The molecule has 4 rings (SSSR count). The van der Waals surface area contributed by atoms with Crippen molar-refractivity contribution in [2.45, 2.75) is 32.2 Å². The first-order valence-electron chi connectivity index (χ1n) is 8.68. The van der Waals surface area contributed by atoms with Crippen molar-refractivity contribution in [3.63, 3.8) is 0 Å². The number of aromatic nitrogens is 2. The zero-order valence-corrected chi connectivity index (χ0v) is 14.9. The van der Waals surface area contributed by atoms with Gasteiger partial charge in [-0.1, -0.05) is 36.7 Å². The van der Waals surface area contributed by atoms with Crippen molar-refractivity contribution < 1.29 is 4.79 Å². The van der Waals surface area contributed by atoms with E-state index in [1.165, 1.54) is 0 Å². The minimum Gasteiger partial charge on any atom is -0.328 e. The highest BCUT2D eigenvalue weighted by atomic mass is 35.5. The Balaban J connectivity index is 1.70. The fourth-order valence-electron chi connectivity index (χ4n) is 3.64. The van der Waals surface area contributed by atoms with Crippen LogP contribution in [-0.2, 0) is 11.3 Å². The lowest BCUT2D eigenvalue weighted by Gasteiger charge is -2.17. The summed E-state index contributed by atoms with van der Waals surface area (Å²) < 4.78 is 2.27. The number of aryl methyl sites for hydroxylation is 1. The van der Waals surface area contributed by atoms with Crippen molar-refractivity contribution in [3.05, 3.63) is 59.4 Å². The molecule has 0 aliphatic carbocycles. The minimum atomic E-state index is 0.102. The largest absolute Gasteiger partial charge is 0.328 e. The zero-order chi connectivity index (χ0) is 17.4. The molecule has 2 aromatic carbocycles. The molecule has 0 radical (unpaired) electrons. The number of carbonyl (C=O) groups is 1. The zero-order valence-electron chi connectivity index (χ0n) is 14.2. The molecule has 1 atom stereocenters. The van der Waals surface area contributed by atoms with Crippen molar-refractivity contribution >= 4 is 34.2 Å². The van der Waals surface area contributed by atoms with Crippen LogP contribution in [0.2, 0.25) is 5.02 Å². The average molecular weight is 354 g/mol. The molecule has 0 N–H and O–H groups in total. The van der Waals surface area contributed by atoms with Crippen molar-refractivity contribution in [3.8, 4) is 0 Å². The lowest BCUT2D eigenvalue weighted by atomic mass is 10.1. The first kappa shape index (κ1) is 16.2. The summed E-state index contributed by atoms with van der Waals surface area (Å²) in [5.74, 6) is 1.24. The van der Waals surface area contributed by atoms with E-state index in [0.29, 0.717) is 18.0 Å². The van der Waals surface area contributed by atoms with Gasteiger partial charge in [0.2, 0.25) is 5.91 Å². The third-order valence-corrected chi connectivity index (χ3v) is 4.98. The van der Waals surface area contributed by atoms with Crippen LogP contribution in [0.1, 0.15) is 31.5 Å². The van der Waals surface area contributed by atoms with Crippen molar-refractivity contribution in [1.82, 2.24) is 9.55 Å². The predicted molar refractivity (Wildman–Crippen MR) is 101 cm³/mol. The van der Waals surface area contributed by atoms with E-state index >= 15 is 0 Å². The van der Waals surface area contributed by atoms with Gasteiger partial charge >= 0.3 is 0 Å². The Bertz CT molecular complexity index is 934. The monoisotopic (exact) mass is 353 g/mol. The second kappa shape index (κ2) is 6.52. The summed E-state index contributed by atoms with van der Waals surface area (Å²) >= 11 is 6.09. The van der Waals surface area contributed by atoms with E-state index in [1.54, 1.807) is 0 Å². The van der Waals surface area contributed by atoms with Gasteiger partial charge in [-0.2, -0.15) is 0 Å². The number of para-hydroxylation sites is 2. The Morgan fingerprint density at radius 1 is 1.20 bits per heavy atom. The SMILES string of the molecule is CCCn1c([C@@H]2CC(=O)N(c3cccc(Cl)c3)C2)nc2ccccc21. The molecular formula is C20H20ClN3O. The summed E-state index contributed by atoms with van der Waals surface area (Å²) in [6, 6.07) is 15.7. The van der Waals surface area contributed by atoms with Crippen LogP contribution in [0.25, 0.3) is 11.0 Å². The molecule has 1 aliphatic rings. The fraction of sp³-hybridized carbons (Fsp3) is 0.300. The summed E-state index contributed by atoms with van der Waals surface area (Å²) in [4.78, 5) is 19.3. The van der Waals surface area contributed by atoms with E-state index in [2.05, 4.69) is 17.6 Å². The summed E-state index contributed by atoms with van der Waals surface area (Å²) in [5, 5.41) is 0.645. The van der Waals surface area contributed by atoms with Crippen LogP contribution >= 0.6 is 11.6 Å². The topological polar surface area (TPSA) is 38.1 Å². The molecule has 1 aliphatic heterocycles. The summed E-state index contributed by atoms with van der Waals surface area (Å²) in [6.45, 7) is 3.72. The van der Waals surface area contributed by atoms with Crippen molar-refractivity contribution in [1.29, 1.82) is 0 Å². The van der Waals surface area contributed by atoms with Gasteiger partial charge in [-0.25, -0.2) is 4.98 Å². The van der Waals surface area contributed by atoms with E-state index in [4.69, 9.17) is 16.6 Å². The van der Waals surface area contributed by atoms with Crippen LogP contribution in [0.5, 0.6) is 0 Å². The Morgan fingerprint density at radius 2 is 2.04 bits per heavy atom. The number of benzene rings is 2. The molecular weight excluding hydrogens is 334 g/mol. The molecule has 0 spiro atoms. The summed E-state index contributed by atoms with van der Waals surface area (Å²) in [7, 11) is 0. The number of fused-ring (bicyclic) bond motifs is 1. The summed E-state index contributed by atoms with van der Waals surface area (Å²) in [5.41, 5.74) is 3.01. The first-order valence-corrected chi connectivity index (χ1v) is 9.06. The van der Waals surface area contributed by atoms with Gasteiger partial charge in [0, 0.05) is 36.1 Å². The van der Waals surface area contributed by atoms with E-state index in [-0.39, 0.29) is 11.8 Å². The molecule has 1 fully saturated rings. The highest BCUT2D eigenvalue weighted by Gasteiger charge is 2.34. The highest BCUT2D eigenvalue weighted by Crippen LogP contribution is 2.34. The number of carbonyl (C=O) groups excluding carboxylic acids is 1. The molecule has 5 heteroatoms. The smallest absolute Gasteiger partial charge is 0.227 e. The molecule has 1 amide bonds. The third kappa shape index (κ3) is 2.91. The number of amides is 1. The van der Waals surface area contributed by atoms with E-state index in [9.17, 15) is 4.79 Å². The molecule has 1 aromatic heterocycles. The second-order valence-corrected chi connectivity index (χ2v) is 6.93. The van der Waals surface area contributed by atoms with E-state index in [1.807, 2.05) is 47.4 Å². The Morgan fingerprint density at radius 3 is 2.84 bits per heavy atom. The van der Waals surface area contributed by atoms with Crippen LogP contribution in [0, 0.1) is 0 Å². The normalized spacial score (nSPS) is 17.6. The standard InChI is InChI=1S/C20H20ClN3O/c1-2-10-23-18-9-4-3-8-17(18)22-20(23)14-11-19(25)24(13-14)16-7-5-6-15(21)12-16/h3-9,12,14H,2,10-11,13H2,1H3/t14-/m1/s1. The Kier molecular flexibility index (Phi) is 4.22. The van der Waals surface area contributed by atoms with Gasteiger partial charge < -0.3 is 9.47 Å². The van der Waals surface area contributed by atoms with Gasteiger partial charge in [0.25, 0.3) is 0 Å². The number of rotatable bonds is 4. The highest BCUT2D eigenvalue weighted by molar-refractivity contribution is 6.30. The molecule has 4 nitrogen and oxygen atoms in total. The molecule has 2 heterocycles. The number of hydrogen-bond donors (Lipinski definition) is 0. The quantitative estimate of drug-likeness (QED) is 0.686. The van der Waals surface area contributed by atoms with Crippen LogP contribution in [0.15, 0.2) is 48.5 Å². The predicted octanol–water partition coefficient (Wildman–Crippen LogP) is 4.62. The second-order valence-electron chi connectivity index (χ2n) is 6.50. The Labute approximate surface area is 152 Å². The maximum Gasteiger partial charge on any atom is 0.227 e. The van der Waals surface area contributed by atoms with Gasteiger partial charge in [0.15, 0.2) is 0 Å².